The predicted molar refractivity (Wildman–Crippen MR) is 72.7 cm³/mol. The molecule has 0 bridgehead atoms. The number of carbonyl (C=O) groups excluding carboxylic acids is 2. The van der Waals surface area contributed by atoms with Crippen LogP contribution in [-0.4, -0.2) is 26.2 Å². The maximum absolute atomic E-state index is 12.0. The summed E-state index contributed by atoms with van der Waals surface area (Å²) in [6, 6.07) is 5.73. The molecule has 1 aliphatic rings. The minimum atomic E-state index is -0.575. The molecule has 19 heavy (non-hydrogen) atoms. The molecule has 0 amide bonds. The summed E-state index contributed by atoms with van der Waals surface area (Å²) in [6.45, 7) is 0. The van der Waals surface area contributed by atoms with Crippen LogP contribution < -0.4 is 0 Å². The molecule has 0 saturated carbocycles. The number of aryl methyl sites for hydroxylation is 1. The second-order valence-corrected chi connectivity index (χ2v) is 5.43. The molecular formula is C14H15BrO4. The van der Waals surface area contributed by atoms with Crippen molar-refractivity contribution < 1.29 is 19.1 Å². The molecule has 1 aliphatic carbocycles. The highest BCUT2D eigenvalue weighted by Crippen LogP contribution is 2.38. The predicted octanol–water partition coefficient (Wildman–Crippen LogP) is 2.44. The Bertz CT molecular complexity index is 512. The van der Waals surface area contributed by atoms with Crippen molar-refractivity contribution in [1.82, 2.24) is 0 Å². The Labute approximate surface area is 120 Å². The fourth-order valence-electron chi connectivity index (χ4n) is 2.61. The average molecular weight is 327 g/mol. The molecule has 102 valence electrons. The van der Waals surface area contributed by atoms with Crippen molar-refractivity contribution in [2.45, 2.75) is 18.8 Å². The lowest BCUT2D eigenvalue weighted by molar-refractivity contribution is -0.154. The summed E-state index contributed by atoms with van der Waals surface area (Å²) in [7, 11) is 2.68. The zero-order valence-corrected chi connectivity index (χ0v) is 12.4. The van der Waals surface area contributed by atoms with Gasteiger partial charge in [0.1, 0.15) is 0 Å². The molecule has 0 heterocycles. The Morgan fingerprint density at radius 2 is 1.89 bits per heavy atom. The third-order valence-corrected chi connectivity index (χ3v) is 4.02. The molecule has 0 radical (unpaired) electrons. The summed E-state index contributed by atoms with van der Waals surface area (Å²) in [5.41, 5.74) is 1.93. The van der Waals surface area contributed by atoms with Crippen LogP contribution in [0.25, 0.3) is 0 Å². The SMILES string of the molecule is COC(=O)[C@@H]1CCc2cc(Br)ccc2[C@@H]1C(=O)OC. The maximum atomic E-state index is 12.0. The van der Waals surface area contributed by atoms with Gasteiger partial charge in [0.25, 0.3) is 0 Å². The fraction of sp³-hybridized carbons (Fsp3) is 0.429. The van der Waals surface area contributed by atoms with Crippen molar-refractivity contribution in [3.63, 3.8) is 0 Å². The first-order valence-electron chi connectivity index (χ1n) is 6.02. The summed E-state index contributed by atoms with van der Waals surface area (Å²) in [4.78, 5) is 23.8. The first-order valence-corrected chi connectivity index (χ1v) is 6.81. The topological polar surface area (TPSA) is 52.6 Å². The molecule has 2 rings (SSSR count). The largest absolute Gasteiger partial charge is 0.469 e. The molecule has 0 spiro atoms. The molecule has 4 nitrogen and oxygen atoms in total. The summed E-state index contributed by atoms with van der Waals surface area (Å²) >= 11 is 3.41. The van der Waals surface area contributed by atoms with Gasteiger partial charge in [-0.3, -0.25) is 9.59 Å². The molecule has 5 heteroatoms. The molecular weight excluding hydrogens is 312 g/mol. The zero-order chi connectivity index (χ0) is 14.0. The van der Waals surface area contributed by atoms with E-state index in [1.807, 2.05) is 18.2 Å². The lowest BCUT2D eigenvalue weighted by Gasteiger charge is -2.30. The zero-order valence-electron chi connectivity index (χ0n) is 10.8. The van der Waals surface area contributed by atoms with Crippen molar-refractivity contribution in [3.05, 3.63) is 33.8 Å². The van der Waals surface area contributed by atoms with Crippen LogP contribution in [0.1, 0.15) is 23.5 Å². The van der Waals surface area contributed by atoms with E-state index in [4.69, 9.17) is 9.47 Å². The third-order valence-electron chi connectivity index (χ3n) is 3.53. The number of benzene rings is 1. The van der Waals surface area contributed by atoms with E-state index in [0.717, 1.165) is 22.0 Å². The van der Waals surface area contributed by atoms with Crippen LogP contribution >= 0.6 is 15.9 Å². The molecule has 1 aromatic rings. The Kier molecular flexibility index (Phi) is 4.24. The van der Waals surface area contributed by atoms with Crippen molar-refractivity contribution >= 4 is 27.9 Å². The van der Waals surface area contributed by atoms with Gasteiger partial charge >= 0.3 is 11.9 Å². The number of methoxy groups -OCH3 is 2. The molecule has 0 saturated heterocycles. The third kappa shape index (κ3) is 2.66. The first-order chi connectivity index (χ1) is 9.08. The highest BCUT2D eigenvalue weighted by atomic mass is 79.9. The standard InChI is InChI=1S/C14H15BrO4/c1-18-13(16)11-5-3-8-7-9(15)4-6-10(8)12(11)14(17)19-2/h4,6-7,11-12H,3,5H2,1-2H3/t11-,12+/m1/s1. The number of hydrogen-bond donors (Lipinski definition) is 0. The highest BCUT2D eigenvalue weighted by molar-refractivity contribution is 9.10. The monoisotopic (exact) mass is 326 g/mol. The van der Waals surface area contributed by atoms with Gasteiger partial charge in [0.05, 0.1) is 26.1 Å². The molecule has 0 aliphatic heterocycles. The first kappa shape index (κ1) is 14.1. The van der Waals surface area contributed by atoms with E-state index in [-0.39, 0.29) is 5.97 Å². The summed E-state index contributed by atoms with van der Waals surface area (Å²) in [5, 5.41) is 0. The van der Waals surface area contributed by atoms with Crippen LogP contribution in [0.3, 0.4) is 0 Å². The molecule has 2 atom stereocenters. The number of esters is 2. The molecule has 0 unspecified atom stereocenters. The van der Waals surface area contributed by atoms with Gasteiger partial charge < -0.3 is 9.47 Å². The average Bonchev–Trinajstić information content (AvgIpc) is 2.44. The van der Waals surface area contributed by atoms with Crippen LogP contribution in [-0.2, 0) is 25.5 Å². The fourth-order valence-corrected chi connectivity index (χ4v) is 3.02. The van der Waals surface area contributed by atoms with E-state index in [0.29, 0.717) is 6.42 Å². The number of halogens is 1. The number of fused-ring (bicyclic) bond motifs is 1. The normalized spacial score (nSPS) is 21.4. The molecule has 0 N–H and O–H groups in total. The Morgan fingerprint density at radius 3 is 2.53 bits per heavy atom. The quantitative estimate of drug-likeness (QED) is 0.783. The van der Waals surface area contributed by atoms with E-state index < -0.39 is 17.8 Å². The lowest BCUT2D eigenvalue weighted by Crippen LogP contribution is -2.34. The van der Waals surface area contributed by atoms with E-state index >= 15 is 0 Å². The number of ether oxygens (including phenoxy) is 2. The maximum Gasteiger partial charge on any atom is 0.314 e. The van der Waals surface area contributed by atoms with Crippen LogP contribution in [0.5, 0.6) is 0 Å². The van der Waals surface area contributed by atoms with E-state index in [9.17, 15) is 9.59 Å². The second-order valence-electron chi connectivity index (χ2n) is 4.51. The number of hydrogen-bond acceptors (Lipinski definition) is 4. The van der Waals surface area contributed by atoms with Gasteiger partial charge in [-0.05, 0) is 36.1 Å². The van der Waals surface area contributed by atoms with E-state index in [1.165, 1.54) is 14.2 Å². The Balaban J connectivity index is 2.45. The summed E-state index contributed by atoms with van der Waals surface area (Å²) in [6.07, 6.45) is 1.35. The molecule has 0 aromatic heterocycles. The Morgan fingerprint density at radius 1 is 1.21 bits per heavy atom. The Hall–Kier alpha value is -1.36. The van der Waals surface area contributed by atoms with Crippen molar-refractivity contribution in [1.29, 1.82) is 0 Å². The van der Waals surface area contributed by atoms with Gasteiger partial charge in [-0.25, -0.2) is 0 Å². The molecule has 1 aromatic carbocycles. The van der Waals surface area contributed by atoms with Crippen LogP contribution in [0.2, 0.25) is 0 Å². The smallest absolute Gasteiger partial charge is 0.314 e. The van der Waals surface area contributed by atoms with Gasteiger partial charge in [-0.2, -0.15) is 0 Å². The molecule has 0 fully saturated rings. The highest BCUT2D eigenvalue weighted by Gasteiger charge is 2.40. The van der Waals surface area contributed by atoms with E-state index in [2.05, 4.69) is 15.9 Å². The second kappa shape index (κ2) is 5.74. The van der Waals surface area contributed by atoms with Crippen molar-refractivity contribution in [3.8, 4) is 0 Å². The van der Waals surface area contributed by atoms with Gasteiger partial charge in [0, 0.05) is 4.47 Å². The number of carbonyl (C=O) groups is 2. The number of rotatable bonds is 2. The van der Waals surface area contributed by atoms with Crippen molar-refractivity contribution in [2.75, 3.05) is 14.2 Å². The van der Waals surface area contributed by atoms with Gasteiger partial charge in [-0.15, -0.1) is 0 Å². The van der Waals surface area contributed by atoms with Crippen LogP contribution in [0, 0.1) is 5.92 Å². The van der Waals surface area contributed by atoms with Gasteiger partial charge in [0.2, 0.25) is 0 Å². The lowest BCUT2D eigenvalue weighted by atomic mass is 9.75. The van der Waals surface area contributed by atoms with Crippen molar-refractivity contribution in [2.24, 2.45) is 5.92 Å². The van der Waals surface area contributed by atoms with Crippen LogP contribution in [0.4, 0.5) is 0 Å². The van der Waals surface area contributed by atoms with E-state index in [1.54, 1.807) is 0 Å². The van der Waals surface area contributed by atoms with Crippen LogP contribution in [0.15, 0.2) is 22.7 Å². The van der Waals surface area contributed by atoms with Gasteiger partial charge in [0.15, 0.2) is 0 Å². The van der Waals surface area contributed by atoms with Gasteiger partial charge in [-0.1, -0.05) is 22.0 Å². The minimum Gasteiger partial charge on any atom is -0.469 e. The summed E-state index contributed by atoms with van der Waals surface area (Å²) in [5.74, 6) is -1.79. The minimum absolute atomic E-state index is 0.357. The summed E-state index contributed by atoms with van der Waals surface area (Å²) < 4.78 is 10.6.